The van der Waals surface area contributed by atoms with E-state index in [9.17, 15) is 24.8 Å². The normalized spacial score (nSPS) is 13.6. The minimum atomic E-state index is -1.45. The summed E-state index contributed by atoms with van der Waals surface area (Å²) in [6.45, 7) is 1.23. The molecule has 112 valence electrons. The summed E-state index contributed by atoms with van der Waals surface area (Å²) in [4.78, 5) is 32.6. The second-order valence-corrected chi connectivity index (χ2v) is 4.21. The van der Waals surface area contributed by atoms with Crippen LogP contribution in [0, 0.1) is 10.1 Å². The Hall–Kier alpha value is -2.74. The maximum absolute atomic E-state index is 11.6. The fourth-order valence-electron chi connectivity index (χ4n) is 1.55. The molecule has 1 aromatic rings. The molecule has 2 atom stereocenters. The van der Waals surface area contributed by atoms with Crippen LogP contribution in [0.1, 0.15) is 12.5 Å². The Kier molecular flexibility index (Phi) is 5.56. The third-order valence-corrected chi connectivity index (χ3v) is 2.59. The van der Waals surface area contributed by atoms with Gasteiger partial charge in [0.05, 0.1) is 16.6 Å². The predicted molar refractivity (Wildman–Crippen MR) is 73.4 cm³/mol. The third kappa shape index (κ3) is 4.69. The van der Waals surface area contributed by atoms with Gasteiger partial charge in [-0.2, -0.15) is 0 Å². The fraction of sp³-hybridized carbons (Fsp3) is 0.231. The highest BCUT2D eigenvalue weighted by Crippen LogP contribution is 2.18. The first-order valence-electron chi connectivity index (χ1n) is 5.95. The van der Waals surface area contributed by atoms with Gasteiger partial charge in [0.15, 0.2) is 6.04 Å². The summed E-state index contributed by atoms with van der Waals surface area (Å²) in [5.41, 5.74) is 0.0356. The van der Waals surface area contributed by atoms with Gasteiger partial charge >= 0.3 is 5.97 Å². The fourth-order valence-corrected chi connectivity index (χ4v) is 1.55. The number of benzene rings is 1. The van der Waals surface area contributed by atoms with Gasteiger partial charge in [0.25, 0.3) is 5.69 Å². The summed E-state index contributed by atoms with van der Waals surface area (Å²) in [6.07, 6.45) is 0.903. The van der Waals surface area contributed by atoms with Crippen molar-refractivity contribution in [3.05, 3.63) is 46.0 Å². The van der Waals surface area contributed by atoms with Crippen molar-refractivity contribution in [3.63, 3.8) is 0 Å². The molecule has 8 heteroatoms. The molecule has 3 N–H and O–H groups in total. The van der Waals surface area contributed by atoms with E-state index in [1.807, 2.05) is 0 Å². The first-order valence-corrected chi connectivity index (χ1v) is 5.95. The topological polar surface area (TPSA) is 130 Å². The molecule has 0 heterocycles. The number of carboxylic acids is 1. The van der Waals surface area contributed by atoms with Crippen LogP contribution in [-0.4, -0.2) is 39.2 Å². The van der Waals surface area contributed by atoms with Crippen LogP contribution in [0.4, 0.5) is 5.69 Å². The number of hydrogen-bond donors (Lipinski definition) is 3. The maximum atomic E-state index is 11.6. The molecule has 0 spiro atoms. The zero-order valence-electron chi connectivity index (χ0n) is 11.1. The van der Waals surface area contributed by atoms with E-state index in [2.05, 4.69) is 5.32 Å². The van der Waals surface area contributed by atoms with E-state index < -0.39 is 28.9 Å². The lowest BCUT2D eigenvalue weighted by Gasteiger charge is -2.15. The van der Waals surface area contributed by atoms with E-state index in [0.717, 1.165) is 6.08 Å². The number of nitro groups is 1. The number of aliphatic hydroxyl groups excluding tert-OH is 1. The van der Waals surface area contributed by atoms with E-state index in [0.29, 0.717) is 0 Å². The highest BCUT2D eigenvalue weighted by atomic mass is 16.6. The average Bonchev–Trinajstić information content (AvgIpc) is 2.42. The molecule has 21 heavy (non-hydrogen) atoms. The van der Waals surface area contributed by atoms with Crippen LogP contribution in [0.15, 0.2) is 30.3 Å². The van der Waals surface area contributed by atoms with Gasteiger partial charge in [0.1, 0.15) is 0 Å². The molecule has 0 bridgehead atoms. The highest BCUT2D eigenvalue weighted by molar-refractivity contribution is 5.94. The lowest BCUT2D eigenvalue weighted by molar-refractivity contribution is -0.385. The van der Waals surface area contributed by atoms with Crippen LogP contribution >= 0.6 is 0 Å². The van der Waals surface area contributed by atoms with Crippen molar-refractivity contribution in [2.24, 2.45) is 0 Å². The lowest BCUT2D eigenvalue weighted by Crippen LogP contribution is -2.47. The number of carbonyl (C=O) groups excluding carboxylic acids is 1. The zero-order valence-corrected chi connectivity index (χ0v) is 11.1. The van der Waals surface area contributed by atoms with Gasteiger partial charge in [-0.3, -0.25) is 14.9 Å². The molecule has 0 fully saturated rings. The Balaban J connectivity index is 2.84. The number of amides is 1. The van der Waals surface area contributed by atoms with Crippen molar-refractivity contribution in [2.45, 2.75) is 19.1 Å². The van der Waals surface area contributed by atoms with E-state index >= 15 is 0 Å². The molecule has 1 amide bonds. The van der Waals surface area contributed by atoms with Crippen LogP contribution in [0.25, 0.3) is 6.08 Å². The van der Waals surface area contributed by atoms with Crippen molar-refractivity contribution >= 4 is 23.6 Å². The minimum absolute atomic E-state index is 0.174. The average molecular weight is 294 g/mol. The SMILES string of the molecule is C[C@@H](O)[C@H](NC(=O)/C=C/c1ccccc1[N+](=O)[O-])C(=O)O. The maximum Gasteiger partial charge on any atom is 0.328 e. The first-order chi connectivity index (χ1) is 9.82. The number of aliphatic hydroxyl groups is 1. The molecule has 0 aromatic heterocycles. The second kappa shape index (κ2) is 7.15. The largest absolute Gasteiger partial charge is 0.480 e. The Morgan fingerprint density at radius 3 is 2.52 bits per heavy atom. The lowest BCUT2D eigenvalue weighted by atomic mass is 10.1. The quantitative estimate of drug-likeness (QED) is 0.399. The monoisotopic (exact) mass is 294 g/mol. The molecule has 0 aliphatic carbocycles. The van der Waals surface area contributed by atoms with Gasteiger partial charge in [-0.15, -0.1) is 0 Å². The summed E-state index contributed by atoms with van der Waals surface area (Å²) in [6, 6.07) is 4.34. The van der Waals surface area contributed by atoms with Crippen LogP contribution < -0.4 is 5.32 Å². The molecule has 0 aliphatic heterocycles. The summed E-state index contributed by atoms with van der Waals surface area (Å²) in [7, 11) is 0. The number of hydrogen-bond acceptors (Lipinski definition) is 5. The number of rotatable bonds is 6. The Morgan fingerprint density at radius 1 is 1.38 bits per heavy atom. The van der Waals surface area contributed by atoms with Gasteiger partial charge in [0.2, 0.25) is 5.91 Å². The van der Waals surface area contributed by atoms with E-state index in [4.69, 9.17) is 5.11 Å². The van der Waals surface area contributed by atoms with Gasteiger partial charge in [-0.1, -0.05) is 12.1 Å². The van der Waals surface area contributed by atoms with Gasteiger partial charge in [-0.05, 0) is 19.1 Å². The van der Waals surface area contributed by atoms with Crippen LogP contribution in [0.2, 0.25) is 0 Å². The molecule has 0 unspecified atom stereocenters. The van der Waals surface area contributed by atoms with Crippen molar-refractivity contribution in [1.29, 1.82) is 0 Å². The number of para-hydroxylation sites is 1. The highest BCUT2D eigenvalue weighted by Gasteiger charge is 2.24. The molecule has 1 aromatic carbocycles. The summed E-state index contributed by atoms with van der Waals surface area (Å²) in [5, 5.41) is 30.9. The van der Waals surface area contributed by atoms with Crippen LogP contribution in [0.3, 0.4) is 0 Å². The zero-order chi connectivity index (χ0) is 16.0. The minimum Gasteiger partial charge on any atom is -0.480 e. The van der Waals surface area contributed by atoms with E-state index in [-0.39, 0.29) is 11.3 Å². The molecule has 0 saturated heterocycles. The molecule has 0 aliphatic rings. The number of nitrogens with one attached hydrogen (secondary N) is 1. The van der Waals surface area contributed by atoms with Gasteiger partial charge < -0.3 is 15.5 Å². The van der Waals surface area contributed by atoms with Gasteiger partial charge in [0, 0.05) is 12.1 Å². The number of nitro benzene ring substituents is 1. The smallest absolute Gasteiger partial charge is 0.328 e. The van der Waals surface area contributed by atoms with Crippen molar-refractivity contribution < 1.29 is 24.7 Å². The Morgan fingerprint density at radius 2 is 2.00 bits per heavy atom. The van der Waals surface area contributed by atoms with Crippen molar-refractivity contribution in [2.75, 3.05) is 0 Å². The molecular weight excluding hydrogens is 280 g/mol. The molecule has 0 saturated carbocycles. The molecular formula is C13H14N2O6. The Labute approximate surface area is 119 Å². The summed E-state index contributed by atoms with van der Waals surface area (Å²) < 4.78 is 0. The number of aliphatic carboxylic acids is 1. The van der Waals surface area contributed by atoms with Crippen LogP contribution in [-0.2, 0) is 9.59 Å². The third-order valence-electron chi connectivity index (χ3n) is 2.59. The standard InChI is InChI=1S/C13H14N2O6/c1-8(16)12(13(18)19)14-11(17)7-6-9-4-2-3-5-10(9)15(20)21/h2-8,12,16H,1H3,(H,14,17)(H,18,19)/b7-6+/t8-,12+/m1/s1. The number of carboxylic acid groups (broad SMARTS) is 1. The van der Waals surface area contributed by atoms with Crippen LogP contribution in [0.5, 0.6) is 0 Å². The Bertz CT molecular complexity index is 582. The van der Waals surface area contributed by atoms with Crippen molar-refractivity contribution in [3.8, 4) is 0 Å². The molecule has 0 radical (unpaired) electrons. The summed E-state index contributed by atoms with van der Waals surface area (Å²) >= 11 is 0. The van der Waals surface area contributed by atoms with Gasteiger partial charge in [-0.25, -0.2) is 4.79 Å². The first kappa shape index (κ1) is 16.3. The van der Waals surface area contributed by atoms with Crippen molar-refractivity contribution in [1.82, 2.24) is 5.32 Å². The van der Waals surface area contributed by atoms with E-state index in [1.54, 1.807) is 6.07 Å². The molecule has 1 rings (SSSR count). The molecule has 8 nitrogen and oxygen atoms in total. The predicted octanol–water partition coefficient (Wildman–Crippen LogP) is 0.558. The number of carbonyl (C=O) groups is 2. The number of nitrogens with zero attached hydrogens (tertiary/aromatic N) is 1. The van der Waals surface area contributed by atoms with E-state index in [1.165, 1.54) is 31.2 Å². The summed E-state index contributed by atoms with van der Waals surface area (Å²) in [5.74, 6) is -2.15. The second-order valence-electron chi connectivity index (χ2n) is 4.21.